The topological polar surface area (TPSA) is 198 Å². The quantitative estimate of drug-likeness (QED) is 0.122. The molecule has 0 saturated heterocycles. The zero-order valence-electron chi connectivity index (χ0n) is 23.9. The molecule has 2 atom stereocenters. The monoisotopic (exact) mass is 695 g/mol. The van der Waals surface area contributed by atoms with Crippen molar-refractivity contribution in [1.29, 1.82) is 0 Å². The Labute approximate surface area is 278 Å². The molecule has 238 valence electrons. The van der Waals surface area contributed by atoms with E-state index in [1.165, 1.54) is 18.2 Å². The van der Waals surface area contributed by atoms with E-state index in [0.29, 0.717) is 0 Å². The van der Waals surface area contributed by atoms with Gasteiger partial charge in [0.25, 0.3) is 11.8 Å². The molecular formula is C29H29Cl4N7O5. The summed E-state index contributed by atoms with van der Waals surface area (Å²) < 4.78 is 0. The molecule has 3 rings (SSSR count). The van der Waals surface area contributed by atoms with Crippen LogP contribution in [-0.4, -0.2) is 53.1 Å². The molecule has 2 aromatic carbocycles. The van der Waals surface area contributed by atoms with Crippen LogP contribution in [0.3, 0.4) is 0 Å². The first-order valence-electron chi connectivity index (χ1n) is 13.3. The number of benzene rings is 2. The number of hydrogen-bond acceptors (Lipinski definition) is 7. The second-order valence-corrected chi connectivity index (χ2v) is 11.5. The first-order valence-corrected chi connectivity index (χ1v) is 14.8. The lowest BCUT2D eigenvalue weighted by Gasteiger charge is -2.19. The smallest absolute Gasteiger partial charge is 0.259 e. The van der Waals surface area contributed by atoms with E-state index in [2.05, 4.69) is 26.3 Å². The minimum Gasteiger partial charge on any atom is -0.368 e. The van der Waals surface area contributed by atoms with Crippen molar-refractivity contribution in [2.75, 3.05) is 17.2 Å². The highest BCUT2D eigenvalue weighted by Crippen LogP contribution is 2.41. The molecule has 0 unspecified atom stereocenters. The largest absolute Gasteiger partial charge is 0.368 e. The van der Waals surface area contributed by atoms with Crippen molar-refractivity contribution in [1.82, 2.24) is 15.6 Å². The van der Waals surface area contributed by atoms with Crippen LogP contribution in [0.4, 0.5) is 11.6 Å². The fourth-order valence-corrected chi connectivity index (χ4v) is 5.05. The van der Waals surface area contributed by atoms with E-state index in [9.17, 15) is 24.0 Å². The van der Waals surface area contributed by atoms with E-state index in [-0.39, 0.29) is 34.0 Å². The van der Waals surface area contributed by atoms with E-state index in [4.69, 9.17) is 57.9 Å². The Morgan fingerprint density at radius 1 is 0.778 bits per heavy atom. The number of amides is 5. The van der Waals surface area contributed by atoms with Crippen molar-refractivity contribution in [3.8, 4) is 0 Å². The van der Waals surface area contributed by atoms with Gasteiger partial charge >= 0.3 is 0 Å². The zero-order chi connectivity index (χ0) is 33.4. The van der Waals surface area contributed by atoms with Crippen LogP contribution in [0.2, 0.25) is 20.1 Å². The summed E-state index contributed by atoms with van der Waals surface area (Å²) in [6, 6.07) is 11.8. The number of nitrogens with two attached hydrogens (primary N) is 2. The average molecular weight is 697 g/mol. The molecule has 5 amide bonds. The molecule has 12 nitrogen and oxygen atoms in total. The summed E-state index contributed by atoms with van der Waals surface area (Å²) in [4.78, 5) is 67.5. The maximum atomic E-state index is 13.4. The SMILES string of the molecule is CC(C)[C@H](NC(=O)CNC(=O)c1c(Cl)c(Cl)c(Cl)c(Cl)c1C(=O)Nc1cccc(NC(=O)[C@@H](N)Cc2ccccc2)n1)C(N)=O. The lowest BCUT2D eigenvalue weighted by molar-refractivity contribution is -0.127. The first kappa shape index (κ1) is 35.5. The molecule has 0 aliphatic rings. The molecule has 0 bridgehead atoms. The molecular weight excluding hydrogens is 668 g/mol. The number of rotatable bonds is 12. The lowest BCUT2D eigenvalue weighted by Crippen LogP contribution is -2.50. The van der Waals surface area contributed by atoms with E-state index in [1.54, 1.807) is 13.8 Å². The number of carbonyl (C=O) groups is 5. The van der Waals surface area contributed by atoms with Gasteiger partial charge in [-0.15, -0.1) is 0 Å². The molecule has 1 aromatic heterocycles. The van der Waals surface area contributed by atoms with Crippen LogP contribution in [0.1, 0.15) is 40.1 Å². The van der Waals surface area contributed by atoms with Crippen molar-refractivity contribution >= 4 is 87.6 Å². The number of aromatic nitrogens is 1. The molecule has 0 saturated carbocycles. The lowest BCUT2D eigenvalue weighted by atomic mass is 10.0. The molecule has 0 spiro atoms. The van der Waals surface area contributed by atoms with Gasteiger partial charge in [0.05, 0.1) is 43.8 Å². The van der Waals surface area contributed by atoms with Crippen molar-refractivity contribution in [2.45, 2.75) is 32.4 Å². The summed E-state index contributed by atoms with van der Waals surface area (Å²) >= 11 is 25.0. The van der Waals surface area contributed by atoms with Gasteiger partial charge in [0.1, 0.15) is 17.7 Å². The second kappa shape index (κ2) is 15.9. The summed E-state index contributed by atoms with van der Waals surface area (Å²) in [7, 11) is 0. The highest BCUT2D eigenvalue weighted by Gasteiger charge is 2.30. The fraction of sp³-hybridized carbons (Fsp3) is 0.241. The van der Waals surface area contributed by atoms with Crippen LogP contribution in [0, 0.1) is 5.92 Å². The van der Waals surface area contributed by atoms with E-state index in [0.717, 1.165) is 5.56 Å². The molecule has 16 heteroatoms. The van der Waals surface area contributed by atoms with Gasteiger partial charge in [-0.3, -0.25) is 24.0 Å². The van der Waals surface area contributed by atoms with Crippen LogP contribution in [-0.2, 0) is 20.8 Å². The third kappa shape index (κ3) is 9.28. The van der Waals surface area contributed by atoms with Gasteiger partial charge in [-0.2, -0.15) is 0 Å². The van der Waals surface area contributed by atoms with Gasteiger partial charge in [0.2, 0.25) is 17.7 Å². The predicted molar refractivity (Wildman–Crippen MR) is 174 cm³/mol. The average Bonchev–Trinajstić information content (AvgIpc) is 2.99. The third-order valence-electron chi connectivity index (χ3n) is 6.30. The van der Waals surface area contributed by atoms with Gasteiger partial charge in [-0.1, -0.05) is 96.6 Å². The summed E-state index contributed by atoms with van der Waals surface area (Å²) in [5.74, 6) is -4.22. The fourth-order valence-electron chi connectivity index (χ4n) is 4.03. The summed E-state index contributed by atoms with van der Waals surface area (Å²) in [6.45, 7) is 2.74. The van der Waals surface area contributed by atoms with E-state index >= 15 is 0 Å². The number of nitrogens with one attached hydrogen (secondary N) is 4. The maximum absolute atomic E-state index is 13.4. The Kier molecular flexibility index (Phi) is 12.5. The number of nitrogens with zero attached hydrogens (tertiary/aromatic N) is 1. The Bertz CT molecular complexity index is 1620. The number of carbonyl (C=O) groups excluding carboxylic acids is 5. The van der Waals surface area contributed by atoms with E-state index in [1.807, 2.05) is 30.3 Å². The van der Waals surface area contributed by atoms with Gasteiger partial charge in [-0.25, -0.2) is 4.98 Å². The highest BCUT2D eigenvalue weighted by molar-refractivity contribution is 6.54. The van der Waals surface area contributed by atoms with Crippen LogP contribution in [0.15, 0.2) is 48.5 Å². The number of halogens is 4. The van der Waals surface area contributed by atoms with Crippen LogP contribution < -0.4 is 32.7 Å². The Morgan fingerprint density at radius 3 is 1.89 bits per heavy atom. The normalized spacial score (nSPS) is 12.2. The molecule has 0 aliphatic carbocycles. The molecule has 3 aromatic rings. The third-order valence-corrected chi connectivity index (χ3v) is 8.10. The molecule has 0 aliphatic heterocycles. The molecule has 1 heterocycles. The van der Waals surface area contributed by atoms with Crippen molar-refractivity contribution < 1.29 is 24.0 Å². The molecule has 45 heavy (non-hydrogen) atoms. The Hall–Kier alpha value is -3.94. The molecule has 8 N–H and O–H groups in total. The number of anilines is 2. The first-order chi connectivity index (χ1) is 21.2. The van der Waals surface area contributed by atoms with Crippen LogP contribution >= 0.6 is 46.4 Å². The van der Waals surface area contributed by atoms with Gasteiger partial charge in [0.15, 0.2) is 0 Å². The number of pyridine rings is 1. The van der Waals surface area contributed by atoms with Gasteiger partial charge in [0, 0.05) is 0 Å². The highest BCUT2D eigenvalue weighted by atomic mass is 35.5. The number of primary amides is 1. The van der Waals surface area contributed by atoms with Crippen molar-refractivity contribution in [3.05, 3.63) is 85.3 Å². The predicted octanol–water partition coefficient (Wildman–Crippen LogP) is 3.81. The maximum Gasteiger partial charge on any atom is 0.259 e. The van der Waals surface area contributed by atoms with Crippen molar-refractivity contribution in [3.63, 3.8) is 0 Å². The van der Waals surface area contributed by atoms with Crippen molar-refractivity contribution in [2.24, 2.45) is 17.4 Å². The van der Waals surface area contributed by atoms with Gasteiger partial charge < -0.3 is 32.7 Å². The Balaban J connectivity index is 1.79. The zero-order valence-corrected chi connectivity index (χ0v) is 26.9. The molecule has 0 fully saturated rings. The summed E-state index contributed by atoms with van der Waals surface area (Å²) in [6.07, 6.45) is 0.287. The standard InChI is InChI=1S/C29H29Cl4N7O5/c1-13(2)25(26(35)42)40-18(41)12-36-28(44)19-20(22(31)24(33)23(32)21(19)30)29(45)39-17-10-6-9-16(37-17)38-27(43)15(34)11-14-7-4-3-5-8-14/h3-10,13,15,25H,11-12,34H2,1-2H3,(H2,35,42)(H,36,44)(H,40,41)(H2,37,38,39,43,45)/t15-,25-/m0/s1. The number of hydrogen-bond donors (Lipinski definition) is 6. The summed E-state index contributed by atoms with van der Waals surface area (Å²) in [5.41, 5.74) is 11.3. The second-order valence-electron chi connectivity index (χ2n) is 10.0. The van der Waals surface area contributed by atoms with Gasteiger partial charge in [-0.05, 0) is 30.0 Å². The summed E-state index contributed by atoms with van der Waals surface area (Å²) in [5, 5.41) is 8.38. The molecule has 0 radical (unpaired) electrons. The van der Waals surface area contributed by atoms with E-state index < -0.39 is 69.3 Å². The van der Waals surface area contributed by atoms with Crippen LogP contribution in [0.5, 0.6) is 0 Å². The van der Waals surface area contributed by atoms with Crippen LogP contribution in [0.25, 0.3) is 0 Å². The minimum atomic E-state index is -0.998. The minimum absolute atomic E-state index is 0.0374. The Morgan fingerprint density at radius 2 is 1.33 bits per heavy atom.